The number of benzene rings is 1. The second-order valence-electron chi connectivity index (χ2n) is 13.7. The maximum atomic E-state index is 16.9. The number of aromatic nitrogens is 3. The zero-order valence-electron chi connectivity index (χ0n) is 25.1. The van der Waals surface area contributed by atoms with Gasteiger partial charge >= 0.3 is 12.2 Å². The Balaban J connectivity index is 1.24. The van der Waals surface area contributed by atoms with Crippen LogP contribution in [-0.2, 0) is 6.18 Å². The Morgan fingerprint density at radius 1 is 1.19 bits per heavy atom. The SMILES string of the molecule is Cc1cc(N)nc(-c2c(Cl)c3c4c(nc(OC[C@@]56CCCN5CC5C6C5(F)F)nc4c2F)N2C[C@H]4CC[C@H](N4)[C@H]2CO3)c1C(F)(F)F. The molecular weight excluding hydrogens is 652 g/mol. The van der Waals surface area contributed by atoms with Crippen LogP contribution in [0.15, 0.2) is 6.07 Å². The van der Waals surface area contributed by atoms with Gasteiger partial charge in [0.1, 0.15) is 30.4 Å². The number of aryl methyl sites for hydroxylation is 1. The fourth-order valence-electron chi connectivity index (χ4n) is 9.21. The van der Waals surface area contributed by atoms with Crippen molar-refractivity contribution in [3.63, 3.8) is 0 Å². The minimum Gasteiger partial charge on any atom is -0.489 e. The first-order valence-electron chi connectivity index (χ1n) is 15.8. The van der Waals surface area contributed by atoms with E-state index in [1.54, 1.807) is 0 Å². The Labute approximate surface area is 269 Å². The second kappa shape index (κ2) is 9.65. The lowest BCUT2D eigenvalue weighted by molar-refractivity contribution is -0.137. The largest absolute Gasteiger partial charge is 0.489 e. The van der Waals surface area contributed by atoms with Crippen molar-refractivity contribution in [1.29, 1.82) is 0 Å². The van der Waals surface area contributed by atoms with Gasteiger partial charge in [0.05, 0.1) is 44.7 Å². The number of pyridine rings is 1. The number of nitrogens with two attached hydrogens (primary N) is 1. The number of alkyl halides is 5. The molecule has 1 aliphatic carbocycles. The highest BCUT2D eigenvalue weighted by Gasteiger charge is 2.81. The first-order chi connectivity index (χ1) is 22.3. The van der Waals surface area contributed by atoms with Crippen molar-refractivity contribution in [3.05, 3.63) is 28.0 Å². The maximum Gasteiger partial charge on any atom is 0.418 e. The second-order valence-corrected chi connectivity index (χ2v) is 14.1. The molecule has 5 aliphatic heterocycles. The Hall–Kier alpha value is -3.30. The lowest BCUT2D eigenvalue weighted by atomic mass is 9.92. The number of nitrogen functional groups attached to an aromatic ring is 1. The number of piperidine rings is 1. The molecule has 47 heavy (non-hydrogen) atoms. The minimum absolute atomic E-state index is 0.00839. The molecule has 2 aromatic heterocycles. The fourth-order valence-corrected chi connectivity index (χ4v) is 9.53. The first kappa shape index (κ1) is 29.8. The summed E-state index contributed by atoms with van der Waals surface area (Å²) in [5.74, 6) is -5.61. The highest BCUT2D eigenvalue weighted by Crippen LogP contribution is 2.68. The van der Waals surface area contributed by atoms with E-state index in [4.69, 9.17) is 31.8 Å². The van der Waals surface area contributed by atoms with E-state index < -0.39 is 57.1 Å². The molecule has 9 nitrogen and oxygen atoms in total. The number of nitrogens with zero attached hydrogens (tertiary/aromatic N) is 5. The quantitative estimate of drug-likeness (QED) is 0.360. The van der Waals surface area contributed by atoms with Crippen molar-refractivity contribution in [2.24, 2.45) is 11.8 Å². The van der Waals surface area contributed by atoms with Crippen molar-refractivity contribution in [2.45, 2.75) is 68.4 Å². The number of hydrogen-bond donors (Lipinski definition) is 2. The number of fused-ring (bicyclic) bond motifs is 8. The number of nitrogens with one attached hydrogen (secondary N) is 1. The summed E-state index contributed by atoms with van der Waals surface area (Å²) in [6, 6.07) is 0.657. The third-order valence-corrected chi connectivity index (χ3v) is 11.6. The third kappa shape index (κ3) is 4.08. The highest BCUT2D eigenvalue weighted by molar-refractivity contribution is 6.36. The molecule has 0 spiro atoms. The van der Waals surface area contributed by atoms with Gasteiger partial charge in [0.15, 0.2) is 11.6 Å². The fraction of sp³-hybridized carbons (Fsp3) is 0.581. The minimum atomic E-state index is -4.92. The maximum absolute atomic E-state index is 16.9. The van der Waals surface area contributed by atoms with E-state index in [9.17, 15) is 22.0 Å². The van der Waals surface area contributed by atoms with E-state index in [2.05, 4.69) is 15.3 Å². The number of ether oxygens (including phenoxy) is 2. The number of anilines is 2. The lowest BCUT2D eigenvalue weighted by Crippen LogP contribution is -2.60. The molecule has 2 bridgehead atoms. The third-order valence-electron chi connectivity index (χ3n) is 11.2. The number of hydrogen-bond acceptors (Lipinski definition) is 9. The molecule has 0 radical (unpaired) electrons. The average Bonchev–Trinajstić information content (AvgIpc) is 3.33. The van der Waals surface area contributed by atoms with Crippen molar-refractivity contribution in [1.82, 2.24) is 25.2 Å². The summed E-state index contributed by atoms with van der Waals surface area (Å²) in [5, 5.41) is 3.25. The molecule has 5 fully saturated rings. The first-order valence-corrected chi connectivity index (χ1v) is 16.2. The molecular formula is C31H30ClF6N7O2. The number of rotatable bonds is 4. The Morgan fingerprint density at radius 2 is 2.00 bits per heavy atom. The smallest absolute Gasteiger partial charge is 0.418 e. The molecule has 3 aromatic rings. The van der Waals surface area contributed by atoms with Crippen LogP contribution in [0.3, 0.4) is 0 Å². The molecule has 6 aliphatic rings. The molecule has 2 unspecified atom stereocenters. The van der Waals surface area contributed by atoms with Crippen LogP contribution in [0.2, 0.25) is 5.02 Å². The topological polar surface area (TPSA) is 102 Å². The lowest BCUT2D eigenvalue weighted by Gasteiger charge is -2.40. The normalized spacial score (nSPS) is 31.7. The van der Waals surface area contributed by atoms with E-state index in [-0.39, 0.29) is 77.7 Å². The number of piperazine rings is 1. The average molecular weight is 682 g/mol. The van der Waals surface area contributed by atoms with Crippen LogP contribution in [0.5, 0.6) is 11.8 Å². The van der Waals surface area contributed by atoms with Gasteiger partial charge in [-0.15, -0.1) is 0 Å². The van der Waals surface area contributed by atoms with E-state index in [0.29, 0.717) is 19.5 Å². The predicted octanol–water partition coefficient (Wildman–Crippen LogP) is 5.20. The molecule has 6 atom stereocenters. The van der Waals surface area contributed by atoms with Crippen LogP contribution in [0.1, 0.15) is 36.8 Å². The molecule has 3 N–H and O–H groups in total. The van der Waals surface area contributed by atoms with Crippen LogP contribution < -0.4 is 25.4 Å². The van der Waals surface area contributed by atoms with Crippen molar-refractivity contribution >= 4 is 34.1 Å². The van der Waals surface area contributed by atoms with Gasteiger partial charge in [-0.05, 0) is 50.8 Å². The van der Waals surface area contributed by atoms with Gasteiger partial charge in [0.25, 0.3) is 5.92 Å². The molecule has 250 valence electrons. The van der Waals surface area contributed by atoms with Gasteiger partial charge in [-0.25, -0.2) is 18.2 Å². The Morgan fingerprint density at radius 3 is 2.79 bits per heavy atom. The monoisotopic (exact) mass is 681 g/mol. The van der Waals surface area contributed by atoms with Crippen LogP contribution in [0.4, 0.5) is 38.0 Å². The zero-order chi connectivity index (χ0) is 32.8. The molecule has 4 saturated heterocycles. The molecule has 7 heterocycles. The van der Waals surface area contributed by atoms with Crippen molar-refractivity contribution in [3.8, 4) is 23.0 Å². The van der Waals surface area contributed by atoms with E-state index >= 15 is 4.39 Å². The van der Waals surface area contributed by atoms with E-state index in [1.165, 1.54) is 6.92 Å². The van der Waals surface area contributed by atoms with Crippen molar-refractivity contribution < 1.29 is 35.8 Å². The highest BCUT2D eigenvalue weighted by atomic mass is 35.5. The standard InChI is InChI=1S/C31H30ClF6N7O2/c1-12-7-17(39)41-23(20(12)31(36,37)38)18-21(32)25-19-24(22(18)33)42-28(43-27(19)45-8-13-3-4-15(40-13)16(45)10-46-25)47-11-29-5-2-6-44(29)9-14-26(29)30(14,34)35/h7,13-16,26,40H,2-6,8-11H2,1H3,(H2,39,41)/t13-,14?,15+,16-,26?,29-/m1/s1. The van der Waals surface area contributed by atoms with Crippen LogP contribution in [-0.4, -0.2) is 82.3 Å². The summed E-state index contributed by atoms with van der Waals surface area (Å²) < 4.78 is 102. The Kier molecular flexibility index (Phi) is 6.12. The molecule has 1 aromatic carbocycles. The Bertz CT molecular complexity index is 1860. The number of halogens is 7. The van der Waals surface area contributed by atoms with Crippen molar-refractivity contribution in [2.75, 3.05) is 43.5 Å². The van der Waals surface area contributed by atoms with Gasteiger partial charge < -0.3 is 25.4 Å². The molecule has 9 rings (SSSR count). The summed E-state index contributed by atoms with van der Waals surface area (Å²) in [6.07, 6.45) is -1.91. The van der Waals surface area contributed by atoms with Gasteiger partial charge in [-0.1, -0.05) is 11.6 Å². The summed E-state index contributed by atoms with van der Waals surface area (Å²) in [4.78, 5) is 17.1. The zero-order valence-corrected chi connectivity index (χ0v) is 25.9. The molecule has 0 amide bonds. The summed E-state index contributed by atoms with van der Waals surface area (Å²) in [5.41, 5.74) is 1.68. The van der Waals surface area contributed by atoms with Gasteiger partial charge in [0.2, 0.25) is 0 Å². The van der Waals surface area contributed by atoms with Crippen LogP contribution in [0, 0.1) is 24.6 Å². The van der Waals surface area contributed by atoms with Gasteiger partial charge in [-0.3, -0.25) is 4.90 Å². The van der Waals surface area contributed by atoms with E-state index in [0.717, 1.165) is 25.3 Å². The van der Waals surface area contributed by atoms with Gasteiger partial charge in [0, 0.05) is 31.1 Å². The van der Waals surface area contributed by atoms with Crippen LogP contribution >= 0.6 is 11.6 Å². The molecule has 16 heteroatoms. The molecule has 1 saturated carbocycles. The summed E-state index contributed by atoms with van der Waals surface area (Å²) >= 11 is 6.79. The van der Waals surface area contributed by atoms with E-state index in [1.807, 2.05) is 9.80 Å². The summed E-state index contributed by atoms with van der Waals surface area (Å²) in [6.45, 7) is 2.61. The summed E-state index contributed by atoms with van der Waals surface area (Å²) in [7, 11) is 0. The predicted molar refractivity (Wildman–Crippen MR) is 159 cm³/mol. The van der Waals surface area contributed by atoms with Gasteiger partial charge in [-0.2, -0.15) is 23.1 Å². The van der Waals surface area contributed by atoms with Crippen LogP contribution in [0.25, 0.3) is 22.2 Å².